The van der Waals surface area contributed by atoms with E-state index in [9.17, 15) is 0 Å². The Balaban J connectivity index is 0.00000320. The Kier molecular flexibility index (Phi) is 10.7. The molecular weight excluding hydrogens is 511 g/mol. The van der Waals surface area contributed by atoms with Gasteiger partial charge in [-0.2, -0.15) is 0 Å². The topological polar surface area (TPSA) is 58.1 Å². The molecule has 1 aromatic heterocycles. The second-order valence-corrected chi connectivity index (χ2v) is 7.98. The molecule has 3 rings (SSSR count). The van der Waals surface area contributed by atoms with Crippen LogP contribution >= 0.6 is 35.3 Å². The van der Waals surface area contributed by atoms with Crippen LogP contribution in [-0.2, 0) is 6.54 Å². The van der Waals surface area contributed by atoms with Gasteiger partial charge in [0.05, 0.1) is 26.8 Å². The molecule has 2 N–H and O–H groups in total. The van der Waals surface area contributed by atoms with Crippen LogP contribution in [-0.4, -0.2) is 51.3 Å². The third-order valence-electron chi connectivity index (χ3n) is 5.15. The van der Waals surface area contributed by atoms with Gasteiger partial charge in [-0.1, -0.05) is 18.2 Å². The summed E-state index contributed by atoms with van der Waals surface area (Å²) in [5, 5.41) is 9.08. The molecule has 1 unspecified atom stereocenters. The first-order valence-electron chi connectivity index (χ1n) is 10.3. The van der Waals surface area contributed by atoms with Gasteiger partial charge in [0.15, 0.2) is 17.5 Å². The molecule has 0 saturated carbocycles. The molecule has 0 amide bonds. The van der Waals surface area contributed by atoms with E-state index in [4.69, 9.17) is 14.5 Å². The number of nitrogens with one attached hydrogen (secondary N) is 2. The van der Waals surface area contributed by atoms with Crippen molar-refractivity contribution >= 4 is 41.3 Å². The molecule has 0 bridgehead atoms. The molecular formula is C22H33IN4O2S. The molecule has 1 atom stereocenters. The smallest absolute Gasteiger partial charge is 0.191 e. The number of rotatable bonds is 9. The number of aliphatic imine (C=N–C) groups is 1. The van der Waals surface area contributed by atoms with Crippen LogP contribution in [0.3, 0.4) is 0 Å². The van der Waals surface area contributed by atoms with Crippen LogP contribution in [0.25, 0.3) is 0 Å². The number of para-hydroxylation sites is 1. The Hall–Kier alpha value is -1.52. The zero-order valence-corrected chi connectivity index (χ0v) is 21.2. The van der Waals surface area contributed by atoms with Crippen LogP contribution in [0.4, 0.5) is 0 Å². The maximum Gasteiger partial charge on any atom is 0.191 e. The fourth-order valence-corrected chi connectivity index (χ4v) is 4.58. The van der Waals surface area contributed by atoms with Crippen LogP contribution in [0.2, 0.25) is 0 Å². The molecule has 2 aromatic rings. The fourth-order valence-electron chi connectivity index (χ4n) is 3.72. The lowest BCUT2D eigenvalue weighted by Gasteiger charge is -2.27. The number of thiophene rings is 1. The van der Waals surface area contributed by atoms with Crippen LogP contribution < -0.4 is 20.1 Å². The van der Waals surface area contributed by atoms with Gasteiger partial charge in [-0.25, -0.2) is 4.99 Å². The lowest BCUT2D eigenvalue weighted by Crippen LogP contribution is -2.42. The number of ether oxygens (including phenoxy) is 2. The number of halogens is 1. The maximum atomic E-state index is 5.53. The number of guanidine groups is 1. The summed E-state index contributed by atoms with van der Waals surface area (Å²) in [7, 11) is 3.32. The highest BCUT2D eigenvalue weighted by Crippen LogP contribution is 2.31. The minimum Gasteiger partial charge on any atom is -0.493 e. The predicted molar refractivity (Wildman–Crippen MR) is 136 cm³/mol. The van der Waals surface area contributed by atoms with E-state index in [2.05, 4.69) is 40.0 Å². The van der Waals surface area contributed by atoms with Gasteiger partial charge >= 0.3 is 0 Å². The lowest BCUT2D eigenvalue weighted by atomic mass is 10.2. The summed E-state index contributed by atoms with van der Waals surface area (Å²) in [6.07, 6.45) is 2.57. The van der Waals surface area contributed by atoms with Crippen molar-refractivity contribution in [2.75, 3.05) is 40.4 Å². The van der Waals surface area contributed by atoms with Crippen molar-refractivity contribution in [3.8, 4) is 11.5 Å². The third kappa shape index (κ3) is 6.49. The van der Waals surface area contributed by atoms with Crippen molar-refractivity contribution in [1.29, 1.82) is 0 Å². The molecule has 1 fully saturated rings. The molecule has 6 nitrogen and oxygen atoms in total. The molecule has 0 radical (unpaired) electrons. The Morgan fingerprint density at radius 3 is 2.57 bits per heavy atom. The highest BCUT2D eigenvalue weighted by atomic mass is 127. The second kappa shape index (κ2) is 13.0. The zero-order valence-electron chi connectivity index (χ0n) is 18.0. The Morgan fingerprint density at radius 2 is 1.93 bits per heavy atom. The minimum absolute atomic E-state index is 0. The number of hydrogen-bond donors (Lipinski definition) is 2. The summed E-state index contributed by atoms with van der Waals surface area (Å²) in [4.78, 5) is 8.78. The second-order valence-electron chi connectivity index (χ2n) is 7.00. The fraction of sp³-hybridized carbons (Fsp3) is 0.500. The predicted octanol–water partition coefficient (Wildman–Crippen LogP) is 4.28. The number of likely N-dealkylation sites (tertiary alicyclic amines) is 1. The molecule has 8 heteroatoms. The normalized spacial score (nSPS) is 15.4. The molecule has 1 aliphatic heterocycles. The van der Waals surface area contributed by atoms with E-state index in [1.54, 1.807) is 14.2 Å². The SMILES string of the molecule is CCNC(=NCc1cccc(OC)c1OC)NCC(c1cccs1)N1CCCC1.I. The largest absolute Gasteiger partial charge is 0.493 e. The van der Waals surface area contributed by atoms with Gasteiger partial charge in [-0.3, -0.25) is 4.90 Å². The summed E-state index contributed by atoms with van der Waals surface area (Å²) >= 11 is 1.83. The van der Waals surface area contributed by atoms with Crippen LogP contribution in [0.15, 0.2) is 40.7 Å². The summed E-state index contributed by atoms with van der Waals surface area (Å²) in [5.74, 6) is 2.28. The van der Waals surface area contributed by atoms with E-state index in [-0.39, 0.29) is 24.0 Å². The highest BCUT2D eigenvalue weighted by molar-refractivity contribution is 14.0. The first-order valence-corrected chi connectivity index (χ1v) is 11.1. The summed E-state index contributed by atoms with van der Waals surface area (Å²) < 4.78 is 10.9. The molecule has 2 heterocycles. The highest BCUT2D eigenvalue weighted by Gasteiger charge is 2.24. The average molecular weight is 545 g/mol. The van der Waals surface area contributed by atoms with Crippen molar-refractivity contribution < 1.29 is 9.47 Å². The Morgan fingerprint density at radius 1 is 1.13 bits per heavy atom. The molecule has 1 saturated heterocycles. The minimum atomic E-state index is 0. The summed E-state index contributed by atoms with van der Waals surface area (Å²) in [6, 6.07) is 10.6. The van der Waals surface area contributed by atoms with Crippen molar-refractivity contribution in [2.24, 2.45) is 4.99 Å². The van der Waals surface area contributed by atoms with Crippen LogP contribution in [0.1, 0.15) is 36.2 Å². The molecule has 1 aliphatic rings. The van der Waals surface area contributed by atoms with E-state index in [1.165, 1.54) is 30.8 Å². The van der Waals surface area contributed by atoms with E-state index in [0.29, 0.717) is 12.6 Å². The first-order chi connectivity index (χ1) is 14.3. The number of nitrogens with zero attached hydrogens (tertiary/aromatic N) is 2. The molecule has 1 aromatic carbocycles. The summed E-state index contributed by atoms with van der Waals surface area (Å²) in [6.45, 7) is 6.58. The van der Waals surface area contributed by atoms with Crippen LogP contribution in [0, 0.1) is 0 Å². The van der Waals surface area contributed by atoms with E-state index in [1.807, 2.05) is 29.5 Å². The van der Waals surface area contributed by atoms with Gasteiger partial charge in [0.2, 0.25) is 0 Å². The Bertz CT molecular complexity index is 779. The number of hydrogen-bond acceptors (Lipinski definition) is 5. The average Bonchev–Trinajstić information content (AvgIpc) is 3.46. The molecule has 0 aliphatic carbocycles. The van der Waals surface area contributed by atoms with E-state index in [0.717, 1.165) is 36.1 Å². The van der Waals surface area contributed by atoms with Crippen molar-refractivity contribution in [2.45, 2.75) is 32.4 Å². The van der Waals surface area contributed by atoms with Gasteiger partial charge < -0.3 is 20.1 Å². The van der Waals surface area contributed by atoms with Gasteiger partial charge in [-0.15, -0.1) is 35.3 Å². The quantitative estimate of drug-likeness (QED) is 0.281. The van der Waals surface area contributed by atoms with E-state index < -0.39 is 0 Å². The summed E-state index contributed by atoms with van der Waals surface area (Å²) in [5.41, 5.74) is 0.999. The van der Waals surface area contributed by atoms with E-state index >= 15 is 0 Å². The van der Waals surface area contributed by atoms with Crippen molar-refractivity contribution in [1.82, 2.24) is 15.5 Å². The van der Waals surface area contributed by atoms with Crippen molar-refractivity contribution in [3.05, 3.63) is 46.2 Å². The maximum absolute atomic E-state index is 5.53. The van der Waals surface area contributed by atoms with Gasteiger partial charge in [-0.05, 0) is 50.4 Å². The van der Waals surface area contributed by atoms with Gasteiger partial charge in [0.25, 0.3) is 0 Å². The third-order valence-corrected chi connectivity index (χ3v) is 6.13. The monoisotopic (exact) mass is 544 g/mol. The van der Waals surface area contributed by atoms with Gasteiger partial charge in [0.1, 0.15) is 0 Å². The zero-order chi connectivity index (χ0) is 20.5. The van der Waals surface area contributed by atoms with Gasteiger partial charge in [0, 0.05) is 23.5 Å². The molecule has 166 valence electrons. The molecule has 0 spiro atoms. The van der Waals surface area contributed by atoms with Crippen LogP contribution in [0.5, 0.6) is 11.5 Å². The molecule has 30 heavy (non-hydrogen) atoms. The first kappa shape index (κ1) is 24.7. The number of methoxy groups -OCH3 is 2. The van der Waals surface area contributed by atoms with Crippen molar-refractivity contribution in [3.63, 3.8) is 0 Å². The Labute approximate surface area is 201 Å². The number of benzene rings is 1. The standard InChI is InChI=1S/C22H32N4O2S.HI/c1-4-23-22(24-15-17-9-7-10-19(27-2)21(17)28-3)25-16-18(20-11-8-14-29-20)26-12-5-6-13-26;/h7-11,14,18H,4-6,12-13,15-16H2,1-3H3,(H2,23,24,25);1H. The lowest BCUT2D eigenvalue weighted by molar-refractivity contribution is 0.249.